The highest BCUT2D eigenvalue weighted by Gasteiger charge is 2.08. The lowest BCUT2D eigenvalue weighted by atomic mass is 10.0. The molecule has 0 spiro atoms. The fraction of sp³-hybridized carbons (Fsp3) is 0.0952. The molecule has 3 aromatic carbocycles. The number of nitrogens with zero attached hydrogens (tertiary/aromatic N) is 1. The van der Waals surface area contributed by atoms with Gasteiger partial charge in [0, 0.05) is 5.56 Å². The van der Waals surface area contributed by atoms with Crippen LogP contribution in [0.4, 0.5) is 4.39 Å². The van der Waals surface area contributed by atoms with Crippen molar-refractivity contribution in [1.29, 1.82) is 5.26 Å². The Balaban J connectivity index is 1.83. The van der Waals surface area contributed by atoms with Gasteiger partial charge in [0.1, 0.15) is 18.2 Å². The van der Waals surface area contributed by atoms with E-state index in [4.69, 9.17) is 10.00 Å². The molecule has 0 saturated heterocycles. The Morgan fingerprint density at radius 2 is 1.71 bits per heavy atom. The SMILES string of the molecule is N#CCc1ccc(F)c(-c2cccc(OCc3ccccc3)c2)c1. The van der Waals surface area contributed by atoms with Crippen molar-refractivity contribution >= 4 is 0 Å². The lowest BCUT2D eigenvalue weighted by Gasteiger charge is -2.10. The molecule has 3 aromatic rings. The Labute approximate surface area is 140 Å². The number of rotatable bonds is 5. The molecule has 0 amide bonds. The zero-order chi connectivity index (χ0) is 16.8. The predicted molar refractivity (Wildman–Crippen MR) is 91.9 cm³/mol. The van der Waals surface area contributed by atoms with E-state index in [9.17, 15) is 4.39 Å². The summed E-state index contributed by atoms with van der Waals surface area (Å²) in [6, 6.07) is 24.1. The monoisotopic (exact) mass is 317 g/mol. The van der Waals surface area contributed by atoms with Crippen molar-refractivity contribution in [3.63, 3.8) is 0 Å². The summed E-state index contributed by atoms with van der Waals surface area (Å²) in [5.41, 5.74) is 3.08. The summed E-state index contributed by atoms with van der Waals surface area (Å²) in [5, 5.41) is 8.81. The van der Waals surface area contributed by atoms with Gasteiger partial charge in [-0.15, -0.1) is 0 Å². The molecule has 0 unspecified atom stereocenters. The second-order valence-electron chi connectivity index (χ2n) is 5.45. The van der Waals surface area contributed by atoms with Crippen LogP contribution in [0.15, 0.2) is 72.8 Å². The highest BCUT2D eigenvalue weighted by Crippen LogP contribution is 2.27. The van der Waals surface area contributed by atoms with Crippen LogP contribution in [0, 0.1) is 17.1 Å². The van der Waals surface area contributed by atoms with E-state index in [-0.39, 0.29) is 12.2 Å². The van der Waals surface area contributed by atoms with E-state index in [0.717, 1.165) is 16.7 Å². The molecule has 118 valence electrons. The second-order valence-corrected chi connectivity index (χ2v) is 5.45. The number of ether oxygens (including phenoxy) is 1. The van der Waals surface area contributed by atoms with Crippen LogP contribution in [-0.2, 0) is 13.0 Å². The standard InChI is InChI=1S/C21H16FNO/c22-21-10-9-16(11-12-23)13-20(21)18-7-4-8-19(14-18)24-15-17-5-2-1-3-6-17/h1-10,13-14H,11,15H2. The van der Waals surface area contributed by atoms with Crippen LogP contribution in [-0.4, -0.2) is 0 Å². The van der Waals surface area contributed by atoms with E-state index >= 15 is 0 Å². The van der Waals surface area contributed by atoms with E-state index < -0.39 is 0 Å². The fourth-order valence-electron chi connectivity index (χ4n) is 2.49. The van der Waals surface area contributed by atoms with Crippen LogP contribution in [0.3, 0.4) is 0 Å². The minimum Gasteiger partial charge on any atom is -0.489 e. The van der Waals surface area contributed by atoms with Gasteiger partial charge < -0.3 is 4.74 Å². The first kappa shape index (κ1) is 15.8. The summed E-state index contributed by atoms with van der Waals surface area (Å²) in [5.74, 6) is 0.373. The molecular formula is C21H16FNO. The minimum atomic E-state index is -0.308. The summed E-state index contributed by atoms with van der Waals surface area (Å²) < 4.78 is 20.0. The number of hydrogen-bond donors (Lipinski definition) is 0. The largest absolute Gasteiger partial charge is 0.489 e. The van der Waals surface area contributed by atoms with E-state index in [0.29, 0.717) is 17.9 Å². The fourth-order valence-corrected chi connectivity index (χ4v) is 2.49. The van der Waals surface area contributed by atoms with Crippen LogP contribution >= 0.6 is 0 Å². The molecule has 24 heavy (non-hydrogen) atoms. The number of nitriles is 1. The van der Waals surface area contributed by atoms with Crippen molar-refractivity contribution in [2.75, 3.05) is 0 Å². The predicted octanol–water partition coefficient (Wildman–Crippen LogP) is 5.14. The summed E-state index contributed by atoms with van der Waals surface area (Å²) in [6.07, 6.45) is 0.261. The molecule has 0 aliphatic heterocycles. The molecule has 0 fully saturated rings. The van der Waals surface area contributed by atoms with Crippen molar-refractivity contribution in [3.8, 4) is 22.9 Å². The quantitative estimate of drug-likeness (QED) is 0.653. The molecule has 3 rings (SSSR count). The lowest BCUT2D eigenvalue weighted by molar-refractivity contribution is 0.306. The Hall–Kier alpha value is -3.12. The molecule has 0 atom stereocenters. The summed E-state index contributed by atoms with van der Waals surface area (Å²) >= 11 is 0. The maximum Gasteiger partial charge on any atom is 0.131 e. The topological polar surface area (TPSA) is 33.0 Å². The minimum absolute atomic E-state index is 0.261. The molecule has 0 N–H and O–H groups in total. The van der Waals surface area contributed by atoms with Crippen LogP contribution in [0.5, 0.6) is 5.75 Å². The number of hydrogen-bond acceptors (Lipinski definition) is 2. The molecule has 0 aromatic heterocycles. The Bertz CT molecular complexity index is 869. The van der Waals surface area contributed by atoms with Gasteiger partial charge in [0.15, 0.2) is 0 Å². The number of halogens is 1. The van der Waals surface area contributed by atoms with Gasteiger partial charge in [0.25, 0.3) is 0 Å². The molecule has 0 aliphatic carbocycles. The van der Waals surface area contributed by atoms with Gasteiger partial charge in [-0.3, -0.25) is 0 Å². The second kappa shape index (κ2) is 7.43. The van der Waals surface area contributed by atoms with Gasteiger partial charge in [0.2, 0.25) is 0 Å². The van der Waals surface area contributed by atoms with E-state index in [1.165, 1.54) is 6.07 Å². The molecular weight excluding hydrogens is 301 g/mol. The Morgan fingerprint density at radius 1 is 0.875 bits per heavy atom. The van der Waals surface area contributed by atoms with Crippen molar-refractivity contribution < 1.29 is 9.13 Å². The smallest absolute Gasteiger partial charge is 0.131 e. The highest BCUT2D eigenvalue weighted by atomic mass is 19.1. The third-order valence-electron chi connectivity index (χ3n) is 3.71. The van der Waals surface area contributed by atoms with E-state index in [1.54, 1.807) is 12.1 Å². The van der Waals surface area contributed by atoms with E-state index in [1.807, 2.05) is 54.6 Å². The van der Waals surface area contributed by atoms with E-state index in [2.05, 4.69) is 6.07 Å². The lowest BCUT2D eigenvalue weighted by Crippen LogP contribution is -1.95. The summed E-state index contributed by atoms with van der Waals surface area (Å²) in [7, 11) is 0. The average molecular weight is 317 g/mol. The van der Waals surface area contributed by atoms with Gasteiger partial charge in [-0.25, -0.2) is 4.39 Å². The van der Waals surface area contributed by atoms with Crippen LogP contribution < -0.4 is 4.74 Å². The zero-order valence-corrected chi connectivity index (χ0v) is 13.1. The first-order valence-electron chi connectivity index (χ1n) is 7.69. The molecule has 0 radical (unpaired) electrons. The summed E-state index contributed by atoms with van der Waals surface area (Å²) in [6.45, 7) is 0.460. The highest BCUT2D eigenvalue weighted by molar-refractivity contribution is 5.66. The first-order chi connectivity index (χ1) is 11.8. The van der Waals surface area contributed by atoms with Gasteiger partial charge in [-0.1, -0.05) is 48.5 Å². The van der Waals surface area contributed by atoms with Gasteiger partial charge >= 0.3 is 0 Å². The first-order valence-corrected chi connectivity index (χ1v) is 7.69. The number of benzene rings is 3. The normalized spacial score (nSPS) is 10.2. The van der Waals surface area contributed by atoms with Crippen molar-refractivity contribution in [1.82, 2.24) is 0 Å². The average Bonchev–Trinajstić information content (AvgIpc) is 2.63. The van der Waals surface area contributed by atoms with Crippen LogP contribution in [0.1, 0.15) is 11.1 Å². The van der Waals surface area contributed by atoms with Crippen LogP contribution in [0.25, 0.3) is 11.1 Å². The third-order valence-corrected chi connectivity index (χ3v) is 3.71. The molecule has 0 bridgehead atoms. The maximum atomic E-state index is 14.2. The van der Waals surface area contributed by atoms with Crippen molar-refractivity contribution in [2.24, 2.45) is 0 Å². The van der Waals surface area contributed by atoms with Gasteiger partial charge in [-0.05, 0) is 41.0 Å². The van der Waals surface area contributed by atoms with Gasteiger partial charge in [0.05, 0.1) is 12.5 Å². The van der Waals surface area contributed by atoms with Crippen LogP contribution in [0.2, 0.25) is 0 Å². The van der Waals surface area contributed by atoms with Crippen molar-refractivity contribution in [3.05, 3.63) is 89.7 Å². The molecule has 3 heteroatoms. The molecule has 2 nitrogen and oxygen atoms in total. The molecule has 0 heterocycles. The Morgan fingerprint density at radius 3 is 2.50 bits per heavy atom. The van der Waals surface area contributed by atoms with Gasteiger partial charge in [-0.2, -0.15) is 5.26 Å². The molecule has 0 saturated carbocycles. The zero-order valence-electron chi connectivity index (χ0n) is 13.1. The summed E-state index contributed by atoms with van der Waals surface area (Å²) in [4.78, 5) is 0. The maximum absolute atomic E-state index is 14.2. The Kier molecular flexibility index (Phi) is 4.88. The van der Waals surface area contributed by atoms with Crippen molar-refractivity contribution in [2.45, 2.75) is 13.0 Å². The third kappa shape index (κ3) is 3.80. The molecule has 0 aliphatic rings.